The van der Waals surface area contributed by atoms with E-state index in [2.05, 4.69) is 4.98 Å². The monoisotopic (exact) mass is 344 g/mol. The van der Waals surface area contributed by atoms with Gasteiger partial charge in [-0.15, -0.1) is 11.8 Å². The van der Waals surface area contributed by atoms with Crippen LogP contribution in [-0.4, -0.2) is 46.9 Å². The van der Waals surface area contributed by atoms with E-state index in [9.17, 15) is 9.59 Å². The number of fused-ring (bicyclic) bond motifs is 1. The van der Waals surface area contributed by atoms with Crippen LogP contribution < -0.4 is 4.74 Å². The van der Waals surface area contributed by atoms with Crippen LogP contribution in [0.25, 0.3) is 11.3 Å². The number of pyridine rings is 1. The Morgan fingerprint density at radius 1 is 1.38 bits per heavy atom. The Morgan fingerprint density at radius 2 is 2.17 bits per heavy atom. The Morgan fingerprint density at radius 3 is 2.83 bits per heavy atom. The largest absolute Gasteiger partial charge is 0.497 e. The van der Waals surface area contributed by atoms with Gasteiger partial charge in [0.15, 0.2) is 0 Å². The Kier molecular flexibility index (Phi) is 4.44. The SMILES string of the molecule is COc1cccc(-c2cc(SC)c3c(n2)CCN(C(=O)O)C3=O)c1. The number of methoxy groups -OCH3 is 1. The van der Waals surface area contributed by atoms with Crippen LogP contribution in [0.5, 0.6) is 5.75 Å². The smallest absolute Gasteiger partial charge is 0.414 e. The minimum atomic E-state index is -1.23. The minimum absolute atomic E-state index is 0.129. The summed E-state index contributed by atoms with van der Waals surface area (Å²) in [5, 5.41) is 9.15. The summed E-state index contributed by atoms with van der Waals surface area (Å²) in [6.45, 7) is 0.129. The van der Waals surface area contributed by atoms with Gasteiger partial charge in [0.25, 0.3) is 5.91 Å². The number of thioether (sulfide) groups is 1. The molecule has 6 nitrogen and oxygen atoms in total. The summed E-state index contributed by atoms with van der Waals surface area (Å²) in [7, 11) is 1.60. The molecule has 0 unspecified atom stereocenters. The van der Waals surface area contributed by atoms with Gasteiger partial charge < -0.3 is 9.84 Å². The van der Waals surface area contributed by atoms with Crippen molar-refractivity contribution in [3.63, 3.8) is 0 Å². The molecule has 0 saturated carbocycles. The third-order valence-electron chi connectivity index (χ3n) is 3.91. The number of rotatable bonds is 3. The highest BCUT2D eigenvalue weighted by Crippen LogP contribution is 2.32. The van der Waals surface area contributed by atoms with Crippen molar-refractivity contribution in [2.75, 3.05) is 19.9 Å². The minimum Gasteiger partial charge on any atom is -0.497 e. The quantitative estimate of drug-likeness (QED) is 0.862. The van der Waals surface area contributed by atoms with Crippen molar-refractivity contribution in [1.82, 2.24) is 9.88 Å². The molecular formula is C17H16N2O4S. The number of aromatic nitrogens is 1. The molecule has 1 N–H and O–H groups in total. The molecule has 0 atom stereocenters. The van der Waals surface area contributed by atoms with E-state index < -0.39 is 12.0 Å². The van der Waals surface area contributed by atoms with Gasteiger partial charge in [0.1, 0.15) is 5.75 Å². The number of amides is 2. The summed E-state index contributed by atoms with van der Waals surface area (Å²) < 4.78 is 5.24. The number of ether oxygens (including phenoxy) is 1. The van der Waals surface area contributed by atoms with Gasteiger partial charge in [-0.2, -0.15) is 0 Å². The second-order valence-corrected chi connectivity index (χ2v) is 6.10. The van der Waals surface area contributed by atoms with Gasteiger partial charge in [0.2, 0.25) is 0 Å². The summed E-state index contributed by atoms with van der Waals surface area (Å²) in [4.78, 5) is 29.8. The predicted octanol–water partition coefficient (Wildman–Crippen LogP) is 3.16. The molecule has 2 heterocycles. The second kappa shape index (κ2) is 6.52. The average molecular weight is 344 g/mol. The zero-order valence-corrected chi connectivity index (χ0v) is 14.1. The number of nitrogens with zero attached hydrogens (tertiary/aromatic N) is 2. The fourth-order valence-corrected chi connectivity index (χ4v) is 3.35. The first-order chi connectivity index (χ1) is 11.5. The summed E-state index contributed by atoms with van der Waals surface area (Å²) in [6.07, 6.45) is 1.05. The molecule has 24 heavy (non-hydrogen) atoms. The van der Waals surface area contributed by atoms with E-state index in [1.165, 1.54) is 11.8 Å². The van der Waals surface area contributed by atoms with E-state index in [1.54, 1.807) is 7.11 Å². The third kappa shape index (κ3) is 2.82. The van der Waals surface area contributed by atoms with E-state index in [4.69, 9.17) is 9.84 Å². The molecule has 7 heteroatoms. The highest BCUT2D eigenvalue weighted by molar-refractivity contribution is 7.98. The van der Waals surface area contributed by atoms with Crippen LogP contribution in [-0.2, 0) is 6.42 Å². The molecule has 2 amide bonds. The molecule has 0 aliphatic carbocycles. The number of carbonyl (C=O) groups excluding carboxylic acids is 1. The van der Waals surface area contributed by atoms with Crippen LogP contribution in [0, 0.1) is 0 Å². The molecule has 0 spiro atoms. The standard InChI is InChI=1S/C17H16N2O4S/c1-23-11-5-3-4-10(8-11)13-9-14(24-2)15-12(18-13)6-7-19(16(15)20)17(21)22/h3-5,8-9H,6-7H2,1-2H3,(H,21,22). The van der Waals surface area contributed by atoms with Crippen LogP contribution in [0.4, 0.5) is 4.79 Å². The number of hydrogen-bond acceptors (Lipinski definition) is 5. The number of carbonyl (C=O) groups is 2. The van der Waals surface area contributed by atoms with Crippen molar-refractivity contribution in [2.45, 2.75) is 11.3 Å². The van der Waals surface area contributed by atoms with Crippen molar-refractivity contribution >= 4 is 23.8 Å². The second-order valence-electron chi connectivity index (χ2n) is 5.25. The molecule has 1 aromatic heterocycles. The van der Waals surface area contributed by atoms with Gasteiger partial charge in [-0.25, -0.2) is 9.69 Å². The molecule has 0 radical (unpaired) electrons. The molecule has 1 aliphatic heterocycles. The van der Waals surface area contributed by atoms with E-state index >= 15 is 0 Å². The Balaban J connectivity index is 2.11. The van der Waals surface area contributed by atoms with Gasteiger partial charge in [0.05, 0.1) is 24.1 Å². The summed E-state index contributed by atoms with van der Waals surface area (Å²) in [6, 6.07) is 9.36. The van der Waals surface area contributed by atoms with Crippen molar-refractivity contribution in [1.29, 1.82) is 0 Å². The Labute approximate surface area is 143 Å². The van der Waals surface area contributed by atoms with Crippen LogP contribution in [0.2, 0.25) is 0 Å². The molecule has 2 aromatic rings. The van der Waals surface area contributed by atoms with E-state index in [-0.39, 0.29) is 6.54 Å². The van der Waals surface area contributed by atoms with Crippen molar-refractivity contribution in [2.24, 2.45) is 0 Å². The third-order valence-corrected chi connectivity index (χ3v) is 4.67. The first-order valence-corrected chi connectivity index (χ1v) is 8.54. The molecule has 3 rings (SSSR count). The Hall–Kier alpha value is -2.54. The van der Waals surface area contributed by atoms with Crippen molar-refractivity contribution in [3.05, 3.63) is 41.6 Å². The predicted molar refractivity (Wildman–Crippen MR) is 90.8 cm³/mol. The fourth-order valence-electron chi connectivity index (χ4n) is 2.71. The zero-order valence-electron chi connectivity index (χ0n) is 13.3. The van der Waals surface area contributed by atoms with E-state index in [1.807, 2.05) is 36.6 Å². The van der Waals surface area contributed by atoms with Crippen molar-refractivity contribution in [3.8, 4) is 17.0 Å². The molecule has 124 valence electrons. The number of carboxylic acid groups (broad SMARTS) is 1. The highest BCUT2D eigenvalue weighted by Gasteiger charge is 2.32. The average Bonchev–Trinajstić information content (AvgIpc) is 2.60. The highest BCUT2D eigenvalue weighted by atomic mass is 32.2. The van der Waals surface area contributed by atoms with E-state index in [0.717, 1.165) is 26.8 Å². The molecule has 1 aliphatic rings. The van der Waals surface area contributed by atoms with Gasteiger partial charge >= 0.3 is 6.09 Å². The number of hydrogen-bond donors (Lipinski definition) is 1. The molecule has 0 saturated heterocycles. The summed E-state index contributed by atoms with van der Waals surface area (Å²) in [5.74, 6) is 0.226. The molecule has 1 aromatic carbocycles. The topological polar surface area (TPSA) is 79.7 Å². The van der Waals surface area contributed by atoms with Crippen LogP contribution >= 0.6 is 11.8 Å². The Bertz CT molecular complexity index is 805. The van der Waals surface area contributed by atoms with Crippen LogP contribution in [0.3, 0.4) is 0 Å². The molecular weight excluding hydrogens is 328 g/mol. The van der Waals surface area contributed by atoms with Gasteiger partial charge in [-0.05, 0) is 24.5 Å². The van der Waals surface area contributed by atoms with Crippen molar-refractivity contribution < 1.29 is 19.4 Å². The van der Waals surface area contributed by atoms with Gasteiger partial charge in [-0.1, -0.05) is 12.1 Å². The molecule has 0 bridgehead atoms. The first kappa shape index (κ1) is 16.3. The lowest BCUT2D eigenvalue weighted by Crippen LogP contribution is -2.41. The first-order valence-electron chi connectivity index (χ1n) is 7.32. The normalized spacial score (nSPS) is 13.6. The summed E-state index contributed by atoms with van der Waals surface area (Å²) >= 11 is 1.41. The van der Waals surface area contributed by atoms with Crippen LogP contribution in [0.1, 0.15) is 16.1 Å². The summed E-state index contributed by atoms with van der Waals surface area (Å²) in [5.41, 5.74) is 2.67. The lowest BCUT2D eigenvalue weighted by Gasteiger charge is -2.25. The number of benzene rings is 1. The maximum absolute atomic E-state index is 12.5. The van der Waals surface area contributed by atoms with Crippen LogP contribution in [0.15, 0.2) is 35.2 Å². The molecule has 0 fully saturated rings. The maximum atomic E-state index is 12.5. The number of imide groups is 1. The maximum Gasteiger partial charge on any atom is 0.414 e. The zero-order chi connectivity index (χ0) is 17.3. The van der Waals surface area contributed by atoms with Gasteiger partial charge in [0, 0.05) is 23.4 Å². The lowest BCUT2D eigenvalue weighted by molar-refractivity contribution is 0.0721. The van der Waals surface area contributed by atoms with Gasteiger partial charge in [-0.3, -0.25) is 9.78 Å². The lowest BCUT2D eigenvalue weighted by atomic mass is 10.0. The fraction of sp³-hybridized carbons (Fsp3) is 0.235. The van der Waals surface area contributed by atoms with E-state index in [0.29, 0.717) is 17.7 Å².